The number of carboxylic acids is 1. The Morgan fingerprint density at radius 2 is 1.33 bits per heavy atom. The van der Waals surface area contributed by atoms with Gasteiger partial charge in [-0.2, -0.15) is 0 Å². The standard InChI is InChI=1S/C38H57N9O10/c1-36(2,3)55-30(49)19-38(7,8)57-35(53)43-22-26-20-39-34(40-21-26)46-14-15-47(28(25-46)32(52)56-37(4,5)6)29(48)9-17-54-18-16-44-10-12-45(13-11-44)33-41-23-27(24-42-33)31(50)51/h20-21,23-24,28H,9-19,22,25H2,1-8H3,(H,43,53)(H,50,51)/t28-/m0/s1. The Balaban J connectivity index is 1.22. The molecular weight excluding hydrogens is 742 g/mol. The van der Waals surface area contributed by atoms with Gasteiger partial charge in [0.2, 0.25) is 17.8 Å². The maximum atomic E-state index is 13.4. The maximum absolute atomic E-state index is 13.4. The molecule has 2 fully saturated rings. The van der Waals surface area contributed by atoms with Gasteiger partial charge in [-0.15, -0.1) is 0 Å². The number of carbonyl (C=O) groups excluding carboxylic acids is 4. The van der Waals surface area contributed by atoms with Crippen molar-refractivity contribution in [2.24, 2.45) is 0 Å². The normalized spacial score (nSPS) is 16.8. The van der Waals surface area contributed by atoms with Crippen molar-refractivity contribution in [3.8, 4) is 0 Å². The van der Waals surface area contributed by atoms with Crippen molar-refractivity contribution in [3.63, 3.8) is 0 Å². The molecule has 2 aliphatic heterocycles. The minimum absolute atomic E-state index is 0.0428. The molecule has 314 valence electrons. The molecular formula is C38H57N9O10. The molecule has 0 unspecified atom stereocenters. The van der Waals surface area contributed by atoms with Crippen LogP contribution in [0.2, 0.25) is 0 Å². The second kappa shape index (κ2) is 19.3. The molecule has 0 radical (unpaired) electrons. The number of ether oxygens (including phenoxy) is 4. The average molecular weight is 800 g/mol. The number of nitrogens with zero attached hydrogens (tertiary/aromatic N) is 8. The van der Waals surface area contributed by atoms with Crippen molar-refractivity contribution < 1.29 is 48.0 Å². The van der Waals surface area contributed by atoms with E-state index in [9.17, 15) is 24.0 Å². The van der Waals surface area contributed by atoms with Gasteiger partial charge in [-0.25, -0.2) is 34.3 Å². The number of alkyl carbamates (subject to hydrolysis) is 1. The van der Waals surface area contributed by atoms with Crippen molar-refractivity contribution in [1.29, 1.82) is 0 Å². The quantitative estimate of drug-likeness (QED) is 0.150. The highest BCUT2D eigenvalue weighted by molar-refractivity contribution is 5.87. The van der Waals surface area contributed by atoms with E-state index in [4.69, 9.17) is 24.1 Å². The van der Waals surface area contributed by atoms with E-state index in [0.29, 0.717) is 50.2 Å². The lowest BCUT2D eigenvalue weighted by atomic mass is 10.1. The molecule has 0 aromatic carbocycles. The number of anilines is 2. The molecule has 0 spiro atoms. The summed E-state index contributed by atoms with van der Waals surface area (Å²) in [6.45, 7) is 18.8. The molecule has 19 nitrogen and oxygen atoms in total. The number of nitrogens with one attached hydrogen (secondary N) is 1. The van der Waals surface area contributed by atoms with Crippen LogP contribution in [0.15, 0.2) is 24.8 Å². The molecule has 19 heteroatoms. The first kappa shape index (κ1) is 44.5. The third-order valence-corrected chi connectivity index (χ3v) is 8.70. The Labute approximate surface area is 333 Å². The summed E-state index contributed by atoms with van der Waals surface area (Å²) in [4.78, 5) is 87.5. The zero-order valence-electron chi connectivity index (χ0n) is 34.3. The molecule has 0 bridgehead atoms. The topological polar surface area (TPSA) is 219 Å². The number of hydrogen-bond acceptors (Lipinski definition) is 16. The summed E-state index contributed by atoms with van der Waals surface area (Å²) in [6.07, 6.45) is 4.99. The summed E-state index contributed by atoms with van der Waals surface area (Å²) in [5.74, 6) is -1.45. The predicted octanol–water partition coefficient (Wildman–Crippen LogP) is 2.29. The first-order chi connectivity index (χ1) is 26.7. The molecule has 57 heavy (non-hydrogen) atoms. The van der Waals surface area contributed by atoms with Crippen molar-refractivity contribution in [3.05, 3.63) is 35.9 Å². The van der Waals surface area contributed by atoms with Gasteiger partial charge < -0.3 is 44.1 Å². The fourth-order valence-electron chi connectivity index (χ4n) is 6.02. The van der Waals surface area contributed by atoms with Crippen LogP contribution in [-0.2, 0) is 39.9 Å². The first-order valence-electron chi connectivity index (χ1n) is 19.1. The molecule has 2 amide bonds. The van der Waals surface area contributed by atoms with Crippen molar-refractivity contribution in [2.45, 2.75) is 97.6 Å². The Bertz CT molecular complexity index is 1690. The third kappa shape index (κ3) is 14.7. The number of rotatable bonds is 15. The van der Waals surface area contributed by atoms with Gasteiger partial charge in [-0.1, -0.05) is 0 Å². The summed E-state index contributed by atoms with van der Waals surface area (Å²) in [5.41, 5.74) is -1.87. The number of carbonyl (C=O) groups is 5. The van der Waals surface area contributed by atoms with Crippen LogP contribution in [0, 0.1) is 0 Å². The van der Waals surface area contributed by atoms with Crippen LogP contribution < -0.4 is 15.1 Å². The number of aromatic carboxylic acids is 1. The number of carboxylic acid groups (broad SMARTS) is 1. The van der Waals surface area contributed by atoms with E-state index in [1.165, 1.54) is 17.3 Å². The zero-order valence-corrected chi connectivity index (χ0v) is 34.3. The number of aromatic nitrogens is 4. The van der Waals surface area contributed by atoms with E-state index in [1.807, 2.05) is 9.80 Å². The second-order valence-electron chi connectivity index (χ2n) is 16.5. The van der Waals surface area contributed by atoms with Gasteiger partial charge >= 0.3 is 24.0 Å². The number of amides is 2. The first-order valence-corrected chi connectivity index (χ1v) is 19.1. The lowest BCUT2D eigenvalue weighted by Gasteiger charge is -2.41. The lowest BCUT2D eigenvalue weighted by Crippen LogP contribution is -2.59. The van der Waals surface area contributed by atoms with E-state index in [1.54, 1.807) is 67.8 Å². The summed E-state index contributed by atoms with van der Waals surface area (Å²) < 4.78 is 22.3. The molecule has 2 aliphatic rings. The molecule has 2 aromatic heterocycles. The van der Waals surface area contributed by atoms with Crippen LogP contribution >= 0.6 is 0 Å². The number of piperazine rings is 2. The number of esters is 2. The van der Waals surface area contributed by atoms with Gasteiger partial charge in [0.1, 0.15) is 22.8 Å². The highest BCUT2D eigenvalue weighted by Crippen LogP contribution is 2.21. The molecule has 0 aliphatic carbocycles. The molecule has 2 saturated heterocycles. The van der Waals surface area contributed by atoms with Crippen molar-refractivity contribution >= 4 is 41.8 Å². The van der Waals surface area contributed by atoms with Gasteiger partial charge in [0.05, 0.1) is 38.2 Å². The smallest absolute Gasteiger partial charge is 0.407 e. The van der Waals surface area contributed by atoms with Crippen LogP contribution in [0.25, 0.3) is 0 Å². The molecule has 1 atom stereocenters. The fourth-order valence-corrected chi connectivity index (χ4v) is 6.02. The molecule has 4 rings (SSSR count). The molecule has 2 N–H and O–H groups in total. The van der Waals surface area contributed by atoms with E-state index in [2.05, 4.69) is 30.2 Å². The van der Waals surface area contributed by atoms with Gasteiger partial charge in [-0.05, 0) is 55.4 Å². The zero-order chi connectivity index (χ0) is 42.0. The van der Waals surface area contributed by atoms with Crippen LogP contribution in [0.3, 0.4) is 0 Å². The molecule has 2 aromatic rings. The predicted molar refractivity (Wildman–Crippen MR) is 207 cm³/mol. The summed E-state index contributed by atoms with van der Waals surface area (Å²) in [6, 6.07) is -0.894. The summed E-state index contributed by atoms with van der Waals surface area (Å²) in [5, 5.41) is 11.7. The molecule has 4 heterocycles. The van der Waals surface area contributed by atoms with Gasteiger partial charge in [0, 0.05) is 82.7 Å². The van der Waals surface area contributed by atoms with Crippen molar-refractivity contribution in [2.75, 3.05) is 75.4 Å². The monoisotopic (exact) mass is 799 g/mol. The van der Waals surface area contributed by atoms with E-state index < -0.39 is 46.8 Å². The van der Waals surface area contributed by atoms with Crippen LogP contribution in [0.5, 0.6) is 0 Å². The minimum atomic E-state index is -1.09. The fraction of sp³-hybridized carbons (Fsp3) is 0.658. The Morgan fingerprint density at radius 3 is 1.93 bits per heavy atom. The van der Waals surface area contributed by atoms with Gasteiger partial charge in [0.25, 0.3) is 0 Å². The van der Waals surface area contributed by atoms with Gasteiger partial charge in [-0.3, -0.25) is 14.5 Å². The van der Waals surface area contributed by atoms with Crippen molar-refractivity contribution in [1.82, 2.24) is 35.1 Å². The van der Waals surface area contributed by atoms with E-state index in [-0.39, 0.29) is 50.6 Å². The maximum Gasteiger partial charge on any atom is 0.407 e. The van der Waals surface area contributed by atoms with E-state index >= 15 is 0 Å². The highest BCUT2D eigenvalue weighted by Gasteiger charge is 2.38. The largest absolute Gasteiger partial charge is 0.478 e. The van der Waals surface area contributed by atoms with Gasteiger partial charge in [0.15, 0.2) is 0 Å². The van der Waals surface area contributed by atoms with E-state index in [0.717, 1.165) is 13.1 Å². The highest BCUT2D eigenvalue weighted by atomic mass is 16.6. The van der Waals surface area contributed by atoms with Crippen LogP contribution in [-0.4, -0.2) is 153 Å². The van der Waals surface area contributed by atoms with Crippen LogP contribution in [0.4, 0.5) is 16.7 Å². The SMILES string of the molecule is CC(C)(C)OC(=O)CC(C)(C)OC(=O)NCc1cnc(N2CCN(C(=O)CCOCCN3CCN(c4ncc(C(=O)O)cn4)CC3)[C@H](C(=O)OC(C)(C)C)C2)nc1. The Kier molecular flexibility index (Phi) is 15.1. The molecule has 0 saturated carbocycles. The minimum Gasteiger partial charge on any atom is -0.478 e. The second-order valence-corrected chi connectivity index (χ2v) is 16.5. The lowest BCUT2D eigenvalue weighted by molar-refractivity contribution is -0.165. The number of hydrogen-bond donors (Lipinski definition) is 2. The van der Waals surface area contributed by atoms with Crippen LogP contribution in [0.1, 0.15) is 84.2 Å². The summed E-state index contributed by atoms with van der Waals surface area (Å²) >= 11 is 0. The third-order valence-electron chi connectivity index (χ3n) is 8.70. The Hall–Kier alpha value is -5.17. The Morgan fingerprint density at radius 1 is 0.754 bits per heavy atom. The average Bonchev–Trinajstić information content (AvgIpc) is 3.12. The summed E-state index contributed by atoms with van der Waals surface area (Å²) in [7, 11) is 0.